The number of hydrogen-bond acceptors (Lipinski definition) is 3. The van der Waals surface area contributed by atoms with Crippen LogP contribution in [0.15, 0.2) is 6.33 Å². The predicted molar refractivity (Wildman–Crippen MR) is 80.1 cm³/mol. The van der Waals surface area contributed by atoms with Gasteiger partial charge in [-0.25, -0.2) is 4.98 Å². The molecule has 0 bridgehead atoms. The molecule has 0 amide bonds. The molecule has 19 heavy (non-hydrogen) atoms. The molecule has 1 heterocycles. The SMILES string of the molecule is CCCn1ncnc1CC(C)C(C)CNC(C)(C)C. The molecular formula is C15H30N4. The van der Waals surface area contributed by atoms with Crippen molar-refractivity contribution in [3.63, 3.8) is 0 Å². The van der Waals surface area contributed by atoms with Gasteiger partial charge in [0, 0.05) is 18.5 Å². The van der Waals surface area contributed by atoms with Crippen LogP contribution in [0.3, 0.4) is 0 Å². The highest BCUT2D eigenvalue weighted by Crippen LogP contribution is 2.16. The topological polar surface area (TPSA) is 42.7 Å². The van der Waals surface area contributed by atoms with E-state index in [1.807, 2.05) is 4.68 Å². The molecule has 0 radical (unpaired) electrons. The number of nitrogens with one attached hydrogen (secondary N) is 1. The van der Waals surface area contributed by atoms with E-state index in [2.05, 4.69) is 56.9 Å². The fraction of sp³-hybridized carbons (Fsp3) is 0.867. The Morgan fingerprint density at radius 3 is 2.53 bits per heavy atom. The van der Waals surface area contributed by atoms with E-state index < -0.39 is 0 Å². The minimum atomic E-state index is 0.191. The first-order valence-corrected chi connectivity index (χ1v) is 7.45. The fourth-order valence-electron chi connectivity index (χ4n) is 2.00. The van der Waals surface area contributed by atoms with Gasteiger partial charge in [-0.1, -0.05) is 20.8 Å². The Labute approximate surface area is 118 Å². The Kier molecular flexibility index (Phi) is 5.98. The molecule has 0 spiro atoms. The molecule has 1 rings (SSSR count). The zero-order chi connectivity index (χ0) is 14.5. The lowest BCUT2D eigenvalue weighted by atomic mass is 9.91. The maximum absolute atomic E-state index is 4.40. The largest absolute Gasteiger partial charge is 0.312 e. The molecule has 1 N–H and O–H groups in total. The zero-order valence-electron chi connectivity index (χ0n) is 13.4. The van der Waals surface area contributed by atoms with Crippen molar-refractivity contribution in [3.8, 4) is 0 Å². The van der Waals surface area contributed by atoms with E-state index in [-0.39, 0.29) is 5.54 Å². The highest BCUT2D eigenvalue weighted by molar-refractivity contribution is 4.88. The first kappa shape index (κ1) is 16.2. The van der Waals surface area contributed by atoms with Gasteiger partial charge in [-0.15, -0.1) is 0 Å². The van der Waals surface area contributed by atoms with Gasteiger partial charge in [0.05, 0.1) is 0 Å². The zero-order valence-corrected chi connectivity index (χ0v) is 13.4. The van der Waals surface area contributed by atoms with Crippen LogP contribution < -0.4 is 5.32 Å². The molecule has 4 heteroatoms. The average Bonchev–Trinajstić information content (AvgIpc) is 2.73. The summed E-state index contributed by atoms with van der Waals surface area (Å²) in [6.07, 6.45) is 3.79. The van der Waals surface area contributed by atoms with Gasteiger partial charge in [-0.3, -0.25) is 4.68 Å². The smallest absolute Gasteiger partial charge is 0.138 e. The summed E-state index contributed by atoms with van der Waals surface area (Å²) < 4.78 is 2.04. The normalized spacial score (nSPS) is 15.5. The lowest BCUT2D eigenvalue weighted by molar-refractivity contribution is 0.311. The molecule has 2 atom stereocenters. The number of nitrogens with zero attached hydrogens (tertiary/aromatic N) is 3. The van der Waals surface area contributed by atoms with Gasteiger partial charge < -0.3 is 5.32 Å². The van der Waals surface area contributed by atoms with E-state index in [4.69, 9.17) is 0 Å². The van der Waals surface area contributed by atoms with Crippen LogP contribution >= 0.6 is 0 Å². The lowest BCUT2D eigenvalue weighted by Crippen LogP contribution is -2.40. The Morgan fingerprint density at radius 2 is 1.95 bits per heavy atom. The number of aromatic nitrogens is 3. The summed E-state index contributed by atoms with van der Waals surface area (Å²) in [5.74, 6) is 2.36. The molecule has 0 saturated heterocycles. The highest BCUT2D eigenvalue weighted by atomic mass is 15.3. The van der Waals surface area contributed by atoms with Crippen LogP contribution in [0.1, 0.15) is 53.8 Å². The van der Waals surface area contributed by atoms with Gasteiger partial charge in [0.1, 0.15) is 12.2 Å². The summed E-state index contributed by atoms with van der Waals surface area (Å²) in [5.41, 5.74) is 0.191. The summed E-state index contributed by atoms with van der Waals surface area (Å²) in [5, 5.41) is 7.87. The summed E-state index contributed by atoms with van der Waals surface area (Å²) >= 11 is 0. The molecule has 1 aromatic heterocycles. The Balaban J connectivity index is 2.49. The first-order valence-electron chi connectivity index (χ1n) is 7.45. The van der Waals surface area contributed by atoms with E-state index in [9.17, 15) is 0 Å². The Bertz CT molecular complexity index is 364. The quantitative estimate of drug-likeness (QED) is 0.825. The second-order valence-electron chi connectivity index (χ2n) is 6.69. The van der Waals surface area contributed by atoms with E-state index in [0.29, 0.717) is 11.8 Å². The van der Waals surface area contributed by atoms with Crippen molar-refractivity contribution in [3.05, 3.63) is 12.2 Å². The summed E-state index contributed by atoms with van der Waals surface area (Å²) in [7, 11) is 0. The predicted octanol–water partition coefficient (Wildman–Crippen LogP) is 2.89. The van der Waals surface area contributed by atoms with Crippen LogP contribution in [0.25, 0.3) is 0 Å². The second kappa shape index (κ2) is 7.04. The maximum Gasteiger partial charge on any atom is 0.138 e. The molecular weight excluding hydrogens is 236 g/mol. The minimum Gasteiger partial charge on any atom is -0.312 e. The summed E-state index contributed by atoms with van der Waals surface area (Å²) in [6.45, 7) is 15.4. The van der Waals surface area contributed by atoms with Gasteiger partial charge in [-0.2, -0.15) is 5.10 Å². The molecule has 0 aliphatic heterocycles. The number of hydrogen-bond donors (Lipinski definition) is 1. The van der Waals surface area contributed by atoms with Crippen molar-refractivity contribution in [2.75, 3.05) is 6.54 Å². The molecule has 0 aliphatic carbocycles. The third-order valence-corrected chi connectivity index (χ3v) is 3.56. The van der Waals surface area contributed by atoms with Crippen molar-refractivity contribution < 1.29 is 0 Å². The van der Waals surface area contributed by atoms with Crippen LogP contribution in [0.2, 0.25) is 0 Å². The van der Waals surface area contributed by atoms with Crippen molar-refractivity contribution in [2.24, 2.45) is 11.8 Å². The van der Waals surface area contributed by atoms with E-state index in [1.54, 1.807) is 6.33 Å². The number of aryl methyl sites for hydroxylation is 1. The molecule has 1 aromatic rings. The van der Waals surface area contributed by atoms with Gasteiger partial charge in [-0.05, 0) is 45.6 Å². The third kappa shape index (κ3) is 5.72. The molecule has 0 fully saturated rings. The Morgan fingerprint density at radius 1 is 1.26 bits per heavy atom. The fourth-order valence-corrected chi connectivity index (χ4v) is 2.00. The van der Waals surface area contributed by atoms with Crippen LogP contribution in [-0.4, -0.2) is 26.8 Å². The maximum atomic E-state index is 4.40. The standard InChI is InChI=1S/C15H30N4/c1-7-8-19-14(16-11-18-19)9-12(2)13(3)10-17-15(4,5)6/h11-13,17H,7-10H2,1-6H3. The van der Waals surface area contributed by atoms with E-state index >= 15 is 0 Å². The van der Waals surface area contributed by atoms with E-state index in [1.165, 1.54) is 0 Å². The van der Waals surface area contributed by atoms with Crippen LogP contribution in [0.4, 0.5) is 0 Å². The molecule has 0 aromatic carbocycles. The van der Waals surface area contributed by atoms with E-state index in [0.717, 1.165) is 31.8 Å². The van der Waals surface area contributed by atoms with Crippen LogP contribution in [0.5, 0.6) is 0 Å². The van der Waals surface area contributed by atoms with Crippen LogP contribution in [0, 0.1) is 11.8 Å². The summed E-state index contributed by atoms with van der Waals surface area (Å²) in [6, 6.07) is 0. The number of rotatable bonds is 7. The third-order valence-electron chi connectivity index (χ3n) is 3.56. The van der Waals surface area contributed by atoms with Gasteiger partial charge in [0.25, 0.3) is 0 Å². The Hall–Kier alpha value is -0.900. The highest BCUT2D eigenvalue weighted by Gasteiger charge is 2.18. The molecule has 110 valence electrons. The van der Waals surface area contributed by atoms with Gasteiger partial charge in [0.15, 0.2) is 0 Å². The molecule has 2 unspecified atom stereocenters. The molecule has 0 aliphatic rings. The van der Waals surface area contributed by atoms with Crippen molar-refractivity contribution in [1.29, 1.82) is 0 Å². The van der Waals surface area contributed by atoms with Crippen molar-refractivity contribution in [2.45, 2.75) is 66.5 Å². The minimum absolute atomic E-state index is 0.191. The molecule has 0 saturated carbocycles. The monoisotopic (exact) mass is 266 g/mol. The summed E-state index contributed by atoms with van der Waals surface area (Å²) in [4.78, 5) is 4.40. The molecule has 4 nitrogen and oxygen atoms in total. The van der Waals surface area contributed by atoms with Crippen molar-refractivity contribution in [1.82, 2.24) is 20.1 Å². The second-order valence-corrected chi connectivity index (χ2v) is 6.69. The van der Waals surface area contributed by atoms with Gasteiger partial charge in [0.2, 0.25) is 0 Å². The lowest BCUT2D eigenvalue weighted by Gasteiger charge is -2.26. The average molecular weight is 266 g/mol. The van der Waals surface area contributed by atoms with Gasteiger partial charge >= 0.3 is 0 Å². The first-order chi connectivity index (χ1) is 8.83. The van der Waals surface area contributed by atoms with Crippen molar-refractivity contribution >= 4 is 0 Å². The van der Waals surface area contributed by atoms with Crippen LogP contribution in [-0.2, 0) is 13.0 Å².